The molecule has 0 bridgehead atoms. The van der Waals surface area contributed by atoms with E-state index in [1.165, 1.54) is 11.1 Å². The molecule has 2 amide bonds. The molecule has 2 rings (SSSR count). The van der Waals surface area contributed by atoms with Gasteiger partial charge in [0.2, 0.25) is 5.91 Å². The Morgan fingerprint density at radius 2 is 2.21 bits per heavy atom. The molecule has 0 aliphatic rings. The molecule has 0 aliphatic heterocycles. The normalized spacial score (nSPS) is 10.6. The Morgan fingerprint density at radius 3 is 2.79 bits per heavy atom. The number of hydrogen-bond acceptors (Lipinski definition) is 6. The number of nitrogens with zero attached hydrogens (tertiary/aromatic N) is 3. The summed E-state index contributed by atoms with van der Waals surface area (Å²) in [5.74, 6) is -0.878. The van der Waals surface area contributed by atoms with Crippen LogP contribution in [0.5, 0.6) is 0 Å². The van der Waals surface area contributed by atoms with Crippen molar-refractivity contribution in [2.24, 2.45) is 5.73 Å². The molecule has 0 radical (unpaired) electrons. The van der Waals surface area contributed by atoms with E-state index in [1.54, 1.807) is 13.0 Å². The molecule has 8 heteroatoms. The van der Waals surface area contributed by atoms with Crippen LogP contribution in [0.3, 0.4) is 0 Å². The van der Waals surface area contributed by atoms with Gasteiger partial charge in [-0.05, 0) is 13.0 Å². The number of likely N-dealkylation sites (N-methyl/N-ethyl adjacent to an activating group) is 1. The average molecular weight is 279 g/mol. The highest BCUT2D eigenvalue weighted by Gasteiger charge is 2.22. The Morgan fingerprint density at radius 1 is 1.47 bits per heavy atom. The Hall–Kier alpha value is -2.22. The lowest BCUT2D eigenvalue weighted by molar-refractivity contribution is -0.118. The monoisotopic (exact) mass is 279 g/mol. The number of thiophene rings is 1. The molecule has 0 aliphatic carbocycles. The van der Waals surface area contributed by atoms with Crippen LogP contribution in [0.25, 0.3) is 10.2 Å². The van der Waals surface area contributed by atoms with E-state index in [4.69, 9.17) is 11.5 Å². The minimum absolute atomic E-state index is 0.130. The highest BCUT2D eigenvalue weighted by molar-refractivity contribution is 7.21. The fourth-order valence-corrected chi connectivity index (χ4v) is 2.70. The molecule has 100 valence electrons. The van der Waals surface area contributed by atoms with Crippen LogP contribution in [-0.4, -0.2) is 40.0 Å². The number of carbonyl (C=O) groups is 2. The molecule has 2 aromatic rings. The molecule has 0 aromatic carbocycles. The van der Waals surface area contributed by atoms with E-state index in [1.807, 2.05) is 0 Å². The zero-order chi connectivity index (χ0) is 14.0. The second-order valence-corrected chi connectivity index (χ2v) is 4.88. The van der Waals surface area contributed by atoms with Gasteiger partial charge in [-0.1, -0.05) is 0 Å². The maximum Gasteiger partial charge on any atom is 0.266 e. The van der Waals surface area contributed by atoms with Gasteiger partial charge in [0.1, 0.15) is 9.71 Å². The number of fused-ring (bicyclic) bond motifs is 1. The summed E-state index contributed by atoms with van der Waals surface area (Å²) >= 11 is 1.16. The van der Waals surface area contributed by atoms with Crippen molar-refractivity contribution in [3.8, 4) is 0 Å². The van der Waals surface area contributed by atoms with Crippen molar-refractivity contribution in [3.05, 3.63) is 17.1 Å². The molecule has 0 fully saturated rings. The highest BCUT2D eigenvalue weighted by Crippen LogP contribution is 2.32. The number of nitrogens with two attached hydrogens (primary N) is 2. The predicted octanol–water partition coefficient (Wildman–Crippen LogP) is 0.221. The van der Waals surface area contributed by atoms with Crippen molar-refractivity contribution in [2.45, 2.75) is 6.92 Å². The summed E-state index contributed by atoms with van der Waals surface area (Å²) < 4.78 is 0. The third-order valence-corrected chi connectivity index (χ3v) is 3.72. The van der Waals surface area contributed by atoms with Gasteiger partial charge < -0.3 is 16.4 Å². The number of aromatic nitrogens is 2. The van der Waals surface area contributed by atoms with Crippen molar-refractivity contribution >= 4 is 39.1 Å². The smallest absolute Gasteiger partial charge is 0.266 e. The standard InChI is InChI=1S/C11H13N5O2S/c1-2-16(5-7(12)17)11(18)9-8(13)6-3-4-14-15-10(6)19-9/h3-4H,2,5,13H2,1H3,(H2,12,17). The van der Waals surface area contributed by atoms with Crippen LogP contribution in [0.2, 0.25) is 0 Å². The molecular weight excluding hydrogens is 266 g/mol. The third kappa shape index (κ3) is 2.48. The van der Waals surface area contributed by atoms with Crippen LogP contribution < -0.4 is 11.5 Å². The molecule has 19 heavy (non-hydrogen) atoms. The number of primary amides is 1. The van der Waals surface area contributed by atoms with E-state index >= 15 is 0 Å². The summed E-state index contributed by atoms with van der Waals surface area (Å²) in [6.45, 7) is 2.01. The number of anilines is 1. The quantitative estimate of drug-likeness (QED) is 0.830. The van der Waals surface area contributed by atoms with Crippen molar-refractivity contribution in [1.82, 2.24) is 15.1 Å². The van der Waals surface area contributed by atoms with E-state index in [2.05, 4.69) is 10.2 Å². The number of carbonyl (C=O) groups excluding carboxylic acids is 2. The largest absolute Gasteiger partial charge is 0.397 e. The first-order valence-corrected chi connectivity index (χ1v) is 6.43. The summed E-state index contributed by atoms with van der Waals surface area (Å²) in [7, 11) is 0. The topological polar surface area (TPSA) is 115 Å². The van der Waals surface area contributed by atoms with Gasteiger partial charge in [0.15, 0.2) is 0 Å². The lowest BCUT2D eigenvalue weighted by atomic mass is 10.2. The number of rotatable bonds is 4. The highest BCUT2D eigenvalue weighted by atomic mass is 32.1. The fourth-order valence-electron chi connectivity index (χ4n) is 1.69. The van der Waals surface area contributed by atoms with E-state index in [0.29, 0.717) is 27.3 Å². The molecule has 0 unspecified atom stereocenters. The van der Waals surface area contributed by atoms with Gasteiger partial charge >= 0.3 is 0 Å². The molecule has 0 spiro atoms. The third-order valence-electron chi connectivity index (χ3n) is 2.63. The summed E-state index contributed by atoms with van der Waals surface area (Å²) in [6, 6.07) is 1.70. The Kier molecular flexibility index (Phi) is 3.61. The summed E-state index contributed by atoms with van der Waals surface area (Å²) in [5, 5.41) is 8.36. The van der Waals surface area contributed by atoms with E-state index in [0.717, 1.165) is 11.3 Å². The van der Waals surface area contributed by atoms with Crippen molar-refractivity contribution in [1.29, 1.82) is 0 Å². The van der Waals surface area contributed by atoms with Crippen LogP contribution in [0.15, 0.2) is 12.3 Å². The van der Waals surface area contributed by atoms with Gasteiger partial charge in [-0.25, -0.2) is 0 Å². The van der Waals surface area contributed by atoms with E-state index < -0.39 is 5.91 Å². The summed E-state index contributed by atoms with van der Waals surface area (Å²) in [6.07, 6.45) is 1.51. The molecule has 2 heterocycles. The molecule has 0 atom stereocenters. The molecule has 7 nitrogen and oxygen atoms in total. The van der Waals surface area contributed by atoms with Gasteiger partial charge in [-0.2, -0.15) is 5.10 Å². The molecular formula is C11H13N5O2S. The van der Waals surface area contributed by atoms with Gasteiger partial charge in [0.05, 0.1) is 18.4 Å². The second-order valence-electron chi connectivity index (χ2n) is 3.88. The number of hydrogen-bond donors (Lipinski definition) is 2. The predicted molar refractivity (Wildman–Crippen MR) is 72.6 cm³/mol. The van der Waals surface area contributed by atoms with E-state index in [-0.39, 0.29) is 12.5 Å². The Balaban J connectivity index is 2.40. The zero-order valence-electron chi connectivity index (χ0n) is 10.3. The lowest BCUT2D eigenvalue weighted by Gasteiger charge is -2.18. The van der Waals surface area contributed by atoms with Gasteiger partial charge in [-0.15, -0.1) is 16.4 Å². The zero-order valence-corrected chi connectivity index (χ0v) is 11.1. The molecule has 4 N–H and O–H groups in total. The van der Waals surface area contributed by atoms with Crippen LogP contribution in [0, 0.1) is 0 Å². The maximum atomic E-state index is 12.3. The first-order chi connectivity index (χ1) is 9.04. The first kappa shape index (κ1) is 13.2. The van der Waals surface area contributed by atoms with E-state index in [9.17, 15) is 9.59 Å². The van der Waals surface area contributed by atoms with Crippen molar-refractivity contribution in [3.63, 3.8) is 0 Å². The average Bonchev–Trinajstić information content (AvgIpc) is 2.73. The van der Waals surface area contributed by atoms with Gasteiger partial charge in [-0.3, -0.25) is 9.59 Å². The maximum absolute atomic E-state index is 12.3. The fraction of sp³-hybridized carbons (Fsp3) is 0.273. The SMILES string of the molecule is CCN(CC(N)=O)C(=O)c1sc2nnccc2c1N. The van der Waals surface area contributed by atoms with Crippen LogP contribution in [-0.2, 0) is 4.79 Å². The number of nitrogen functional groups attached to an aromatic ring is 1. The van der Waals surface area contributed by atoms with Gasteiger partial charge in [0, 0.05) is 11.9 Å². The van der Waals surface area contributed by atoms with Crippen LogP contribution >= 0.6 is 11.3 Å². The number of amides is 2. The van der Waals surface area contributed by atoms with Crippen LogP contribution in [0.1, 0.15) is 16.6 Å². The Labute approximate surface area is 113 Å². The van der Waals surface area contributed by atoms with Crippen molar-refractivity contribution < 1.29 is 9.59 Å². The first-order valence-electron chi connectivity index (χ1n) is 5.61. The van der Waals surface area contributed by atoms with Crippen LogP contribution in [0.4, 0.5) is 5.69 Å². The Bertz CT molecular complexity index is 639. The molecule has 2 aromatic heterocycles. The van der Waals surface area contributed by atoms with Crippen molar-refractivity contribution in [2.75, 3.05) is 18.8 Å². The van der Waals surface area contributed by atoms with Gasteiger partial charge in [0.25, 0.3) is 5.91 Å². The molecule has 0 saturated carbocycles. The molecule has 0 saturated heterocycles. The summed E-state index contributed by atoms with van der Waals surface area (Å²) in [4.78, 5) is 25.5. The summed E-state index contributed by atoms with van der Waals surface area (Å²) in [5.41, 5.74) is 11.4. The minimum Gasteiger partial charge on any atom is -0.397 e. The second kappa shape index (κ2) is 5.19. The lowest BCUT2D eigenvalue weighted by Crippen LogP contribution is -2.38. The minimum atomic E-state index is -0.560.